The third-order valence-electron chi connectivity index (χ3n) is 8.92. The first kappa shape index (κ1) is 30.1. The molecule has 5 rings (SSSR count). The minimum Gasteiger partial charge on any atom is -0.382 e. The van der Waals surface area contributed by atoms with Gasteiger partial charge in [0.15, 0.2) is 0 Å². The molecule has 2 aromatic rings. The van der Waals surface area contributed by atoms with Crippen molar-refractivity contribution in [1.82, 2.24) is 4.90 Å². The van der Waals surface area contributed by atoms with E-state index in [4.69, 9.17) is 4.74 Å². The third-order valence-corrected chi connectivity index (χ3v) is 8.92. The lowest BCUT2D eigenvalue weighted by Gasteiger charge is -2.30. The molecule has 8 nitrogen and oxygen atoms in total. The smallest absolute Gasteiger partial charge is 0.382 e. The molecule has 42 heavy (non-hydrogen) atoms. The summed E-state index contributed by atoms with van der Waals surface area (Å²) in [6, 6.07) is 11.7. The Balaban J connectivity index is 1.04. The van der Waals surface area contributed by atoms with Gasteiger partial charge in [0, 0.05) is 61.5 Å². The average Bonchev–Trinajstić information content (AvgIpc) is 3.51. The number of benzene rings is 2. The van der Waals surface area contributed by atoms with E-state index in [2.05, 4.69) is 55.3 Å². The van der Waals surface area contributed by atoms with E-state index >= 15 is 0 Å². The highest BCUT2D eigenvalue weighted by Gasteiger charge is 2.42. The molecule has 3 fully saturated rings. The molecule has 2 saturated heterocycles. The van der Waals surface area contributed by atoms with E-state index in [1.807, 2.05) is 4.90 Å². The number of anilines is 2. The van der Waals surface area contributed by atoms with Gasteiger partial charge in [0.2, 0.25) is 5.91 Å². The van der Waals surface area contributed by atoms with Crippen LogP contribution in [0.25, 0.3) is 0 Å². The zero-order valence-corrected chi connectivity index (χ0v) is 24.3. The van der Waals surface area contributed by atoms with Gasteiger partial charge in [0.25, 0.3) is 5.69 Å². The second-order valence-corrected chi connectivity index (χ2v) is 12.9. The lowest BCUT2D eigenvalue weighted by Crippen LogP contribution is -2.37. The number of ether oxygens (including phenoxy) is 1. The first-order valence-electron chi connectivity index (χ1n) is 14.6. The Morgan fingerprint density at radius 3 is 2.14 bits per heavy atom. The van der Waals surface area contributed by atoms with Crippen LogP contribution in [0.2, 0.25) is 0 Å². The predicted molar refractivity (Wildman–Crippen MR) is 155 cm³/mol. The molecule has 0 aromatic heterocycles. The van der Waals surface area contributed by atoms with Crippen molar-refractivity contribution in [3.63, 3.8) is 0 Å². The van der Waals surface area contributed by atoms with E-state index in [0.717, 1.165) is 38.3 Å². The lowest BCUT2D eigenvalue weighted by atomic mass is 9.87. The molecule has 1 N–H and O–H groups in total. The molecule has 1 saturated carbocycles. The second kappa shape index (κ2) is 11.7. The Bertz CT molecular complexity index is 1270. The molecule has 0 radical (unpaired) electrons. The van der Waals surface area contributed by atoms with E-state index in [9.17, 15) is 28.1 Å². The summed E-state index contributed by atoms with van der Waals surface area (Å²) in [6.07, 6.45) is -2.21. The molecule has 3 aliphatic rings. The van der Waals surface area contributed by atoms with Gasteiger partial charge in [-0.15, -0.1) is 0 Å². The van der Waals surface area contributed by atoms with Gasteiger partial charge in [-0.3, -0.25) is 14.9 Å². The van der Waals surface area contributed by atoms with Crippen LogP contribution in [0.5, 0.6) is 0 Å². The predicted octanol–water partition coefficient (Wildman–Crippen LogP) is 6.25. The summed E-state index contributed by atoms with van der Waals surface area (Å²) in [7, 11) is 0. The fraction of sp³-hybridized carbons (Fsp3) is 0.581. The molecule has 2 aliphatic heterocycles. The van der Waals surface area contributed by atoms with Gasteiger partial charge in [-0.05, 0) is 60.9 Å². The minimum atomic E-state index is -4.82. The van der Waals surface area contributed by atoms with E-state index in [1.165, 1.54) is 17.3 Å². The van der Waals surface area contributed by atoms with Crippen LogP contribution in [0.15, 0.2) is 42.5 Å². The summed E-state index contributed by atoms with van der Waals surface area (Å²) in [5.41, 5.74) is 0.654. The maximum absolute atomic E-state index is 13.3. The molecular weight excluding hydrogens is 549 g/mol. The molecule has 1 aliphatic carbocycles. The quantitative estimate of drug-likeness (QED) is 0.304. The first-order chi connectivity index (χ1) is 19.8. The number of fused-ring (bicyclic) bond motifs is 1. The van der Waals surface area contributed by atoms with Crippen LogP contribution < -0.4 is 10.2 Å². The largest absolute Gasteiger partial charge is 0.423 e. The number of likely N-dealkylation sites (tertiary alicyclic amines) is 1. The number of hydrogen-bond acceptors (Lipinski definition) is 6. The van der Waals surface area contributed by atoms with Crippen molar-refractivity contribution in [2.75, 3.05) is 43.0 Å². The molecule has 2 unspecified atom stereocenters. The molecule has 2 atom stereocenters. The topological polar surface area (TPSA) is 88.0 Å². The van der Waals surface area contributed by atoms with Gasteiger partial charge in [-0.25, -0.2) is 0 Å². The molecule has 11 heteroatoms. The fourth-order valence-corrected chi connectivity index (χ4v) is 6.48. The Morgan fingerprint density at radius 2 is 1.60 bits per heavy atom. The number of carbonyl (C=O) groups is 1. The van der Waals surface area contributed by atoms with E-state index in [0.29, 0.717) is 37.5 Å². The van der Waals surface area contributed by atoms with Crippen molar-refractivity contribution < 1.29 is 27.6 Å². The number of hydrogen-bond donors (Lipinski definition) is 1. The number of nitro benzene ring substituents is 1. The normalized spacial score (nSPS) is 24.5. The van der Waals surface area contributed by atoms with Crippen LogP contribution in [-0.4, -0.2) is 60.7 Å². The Kier molecular flexibility index (Phi) is 8.42. The third kappa shape index (κ3) is 6.82. The van der Waals surface area contributed by atoms with Crippen molar-refractivity contribution in [3.8, 4) is 0 Å². The monoisotopic (exact) mass is 588 g/mol. The van der Waals surface area contributed by atoms with Crippen LogP contribution in [0, 0.1) is 22.0 Å². The molecular formula is C31H39F3N4O4. The number of alkyl halides is 3. The number of amides is 1. The lowest BCUT2D eigenvalue weighted by molar-refractivity contribution is -0.388. The van der Waals surface area contributed by atoms with Crippen molar-refractivity contribution in [1.29, 1.82) is 0 Å². The summed E-state index contributed by atoms with van der Waals surface area (Å²) in [4.78, 5) is 27.3. The zero-order valence-electron chi connectivity index (χ0n) is 24.3. The van der Waals surface area contributed by atoms with E-state index in [-0.39, 0.29) is 35.8 Å². The van der Waals surface area contributed by atoms with E-state index in [1.54, 1.807) is 0 Å². The minimum absolute atomic E-state index is 0.0105. The molecule has 1 amide bonds. The highest BCUT2D eigenvalue weighted by Crippen LogP contribution is 2.38. The highest BCUT2D eigenvalue weighted by molar-refractivity contribution is 5.78. The number of halogens is 3. The van der Waals surface area contributed by atoms with Gasteiger partial charge < -0.3 is 19.9 Å². The van der Waals surface area contributed by atoms with Crippen LogP contribution in [0.4, 0.5) is 30.2 Å². The fourth-order valence-electron chi connectivity index (χ4n) is 6.48. The molecule has 0 bridgehead atoms. The summed E-state index contributed by atoms with van der Waals surface area (Å²) in [5, 5.41) is 14.1. The van der Waals surface area contributed by atoms with Crippen LogP contribution in [0.1, 0.15) is 57.6 Å². The number of nitrogens with zero attached hydrogens (tertiary/aromatic N) is 3. The Morgan fingerprint density at radius 1 is 0.976 bits per heavy atom. The number of carbonyl (C=O) groups excluding carboxylic acids is 1. The second-order valence-electron chi connectivity index (χ2n) is 12.9. The summed E-state index contributed by atoms with van der Waals surface area (Å²) in [6.45, 7) is 10.1. The van der Waals surface area contributed by atoms with Crippen molar-refractivity contribution >= 4 is 23.0 Å². The van der Waals surface area contributed by atoms with Crippen molar-refractivity contribution in [2.24, 2.45) is 11.8 Å². The van der Waals surface area contributed by atoms with Crippen molar-refractivity contribution in [2.45, 2.75) is 70.2 Å². The van der Waals surface area contributed by atoms with Gasteiger partial charge >= 0.3 is 6.18 Å². The summed E-state index contributed by atoms with van der Waals surface area (Å²) < 4.78 is 45.9. The van der Waals surface area contributed by atoms with Crippen LogP contribution >= 0.6 is 0 Å². The number of rotatable bonds is 7. The summed E-state index contributed by atoms with van der Waals surface area (Å²) >= 11 is 0. The highest BCUT2D eigenvalue weighted by atomic mass is 19.4. The standard InChI is InChI=1S/C31H39F3N4O4/c1-30(2,3)22-4-9-25(10-5-22)36-15-20-17-37(18-21(20)16-36)29(39)19-42-26-11-6-23(7-12-26)35-24-8-13-28(38(40)41)27(14-24)31(32,33)34/h4-5,8-10,13-14,20-21,23,26,35H,6-7,11-12,15-19H2,1-3H3/t20?,21?,23-,26-. The summed E-state index contributed by atoms with van der Waals surface area (Å²) in [5.74, 6) is 0.918. The molecule has 2 aromatic carbocycles. The molecule has 0 spiro atoms. The number of nitro groups is 1. The zero-order chi connectivity index (χ0) is 30.2. The van der Waals surface area contributed by atoms with Crippen LogP contribution in [0.3, 0.4) is 0 Å². The van der Waals surface area contributed by atoms with Gasteiger partial charge in [-0.1, -0.05) is 32.9 Å². The van der Waals surface area contributed by atoms with Gasteiger partial charge in [-0.2, -0.15) is 13.2 Å². The molecule has 2 heterocycles. The first-order valence-corrected chi connectivity index (χ1v) is 14.6. The molecule has 228 valence electrons. The maximum atomic E-state index is 13.3. The van der Waals surface area contributed by atoms with Crippen LogP contribution in [-0.2, 0) is 21.1 Å². The number of nitrogens with one attached hydrogen (secondary N) is 1. The van der Waals surface area contributed by atoms with E-state index < -0.39 is 22.4 Å². The SMILES string of the molecule is CC(C)(C)c1ccc(N2CC3CN(C(=O)CO[C@H]4CC[C@H](Nc5ccc([N+](=O)[O-])c(C(F)(F)F)c5)CC4)CC3C2)cc1. The Labute approximate surface area is 244 Å². The Hall–Kier alpha value is -3.34. The maximum Gasteiger partial charge on any atom is 0.423 e. The van der Waals surface area contributed by atoms with Gasteiger partial charge in [0.05, 0.1) is 11.0 Å². The average molecular weight is 589 g/mol. The van der Waals surface area contributed by atoms with Gasteiger partial charge in [0.1, 0.15) is 12.2 Å². The van der Waals surface area contributed by atoms with Crippen molar-refractivity contribution in [3.05, 3.63) is 63.7 Å².